The zero-order valence-electron chi connectivity index (χ0n) is 12.8. The summed E-state index contributed by atoms with van der Waals surface area (Å²) in [5, 5.41) is 0. The lowest BCUT2D eigenvalue weighted by Gasteiger charge is -2.21. The zero-order chi connectivity index (χ0) is 14.9. The van der Waals surface area contributed by atoms with E-state index in [1.165, 1.54) is 32.1 Å². The van der Waals surface area contributed by atoms with E-state index in [1.807, 2.05) is 30.3 Å². The maximum absolute atomic E-state index is 12.1. The smallest absolute Gasteiger partial charge is 0.133 e. The largest absolute Gasteiger partial charge is 0.303 e. The van der Waals surface area contributed by atoms with Gasteiger partial charge in [-0.25, -0.2) is 0 Å². The molecule has 114 valence electrons. The van der Waals surface area contributed by atoms with Gasteiger partial charge in [0.25, 0.3) is 0 Å². The van der Waals surface area contributed by atoms with Gasteiger partial charge in [0, 0.05) is 18.8 Å². The SMILES string of the molecule is O=CC(CC(=O)CCC1CCCCC1)Cc1ccccc1. The summed E-state index contributed by atoms with van der Waals surface area (Å²) in [6.07, 6.45) is 10.3. The molecule has 21 heavy (non-hydrogen) atoms. The summed E-state index contributed by atoms with van der Waals surface area (Å²) in [4.78, 5) is 23.3. The van der Waals surface area contributed by atoms with Gasteiger partial charge in [0.15, 0.2) is 0 Å². The highest BCUT2D eigenvalue weighted by molar-refractivity contribution is 5.81. The van der Waals surface area contributed by atoms with Crippen LogP contribution in [-0.4, -0.2) is 12.1 Å². The fourth-order valence-electron chi connectivity index (χ4n) is 3.32. The second-order valence-electron chi connectivity index (χ2n) is 6.37. The number of ketones is 1. The number of Topliss-reactive ketones (excluding diaryl/α,β-unsaturated/α-hetero) is 1. The molecular formula is C19H26O2. The van der Waals surface area contributed by atoms with Crippen LogP contribution in [0.5, 0.6) is 0 Å². The average Bonchev–Trinajstić information content (AvgIpc) is 2.54. The summed E-state index contributed by atoms with van der Waals surface area (Å²) in [5.41, 5.74) is 1.13. The molecule has 0 aliphatic heterocycles. The Kier molecular flexibility index (Phi) is 6.65. The molecule has 1 aromatic rings. The predicted molar refractivity (Wildman–Crippen MR) is 85.1 cm³/mol. The molecule has 2 heteroatoms. The third-order valence-electron chi connectivity index (χ3n) is 4.58. The molecule has 0 N–H and O–H groups in total. The molecule has 2 nitrogen and oxygen atoms in total. The summed E-state index contributed by atoms with van der Waals surface area (Å²) >= 11 is 0. The molecular weight excluding hydrogens is 260 g/mol. The molecule has 2 rings (SSSR count). The van der Waals surface area contributed by atoms with E-state index in [0.29, 0.717) is 19.3 Å². The van der Waals surface area contributed by atoms with Gasteiger partial charge in [0.05, 0.1) is 0 Å². The third-order valence-corrected chi connectivity index (χ3v) is 4.58. The summed E-state index contributed by atoms with van der Waals surface area (Å²) < 4.78 is 0. The lowest BCUT2D eigenvalue weighted by Crippen LogP contribution is -2.14. The molecule has 0 heterocycles. The molecule has 0 bridgehead atoms. The lowest BCUT2D eigenvalue weighted by molar-refractivity contribution is -0.123. The number of aldehydes is 1. The van der Waals surface area contributed by atoms with Gasteiger partial charge in [-0.2, -0.15) is 0 Å². The van der Waals surface area contributed by atoms with Crippen LogP contribution in [0, 0.1) is 11.8 Å². The molecule has 1 fully saturated rings. The minimum Gasteiger partial charge on any atom is -0.303 e. The third kappa shape index (κ3) is 5.82. The number of carbonyl (C=O) groups excluding carboxylic acids is 2. The Morgan fingerprint density at radius 2 is 1.86 bits per heavy atom. The normalized spacial score (nSPS) is 17.3. The van der Waals surface area contributed by atoms with E-state index < -0.39 is 0 Å². The van der Waals surface area contributed by atoms with Gasteiger partial charge in [-0.15, -0.1) is 0 Å². The number of hydrogen-bond acceptors (Lipinski definition) is 2. The van der Waals surface area contributed by atoms with E-state index in [0.717, 1.165) is 24.2 Å². The molecule has 0 saturated heterocycles. The predicted octanol–water partition coefficient (Wildman–Crippen LogP) is 4.36. The monoisotopic (exact) mass is 286 g/mol. The summed E-state index contributed by atoms with van der Waals surface area (Å²) in [6.45, 7) is 0. The van der Waals surface area contributed by atoms with Gasteiger partial charge in [0.1, 0.15) is 12.1 Å². The van der Waals surface area contributed by atoms with Gasteiger partial charge < -0.3 is 4.79 Å². The van der Waals surface area contributed by atoms with Crippen LogP contribution in [0.1, 0.15) is 56.9 Å². The Balaban J connectivity index is 1.73. The summed E-state index contributed by atoms with van der Waals surface area (Å²) in [7, 11) is 0. The second kappa shape index (κ2) is 8.76. The first-order valence-corrected chi connectivity index (χ1v) is 8.29. The van der Waals surface area contributed by atoms with Crippen LogP contribution in [0.3, 0.4) is 0 Å². The number of hydrogen-bond donors (Lipinski definition) is 0. The Morgan fingerprint density at radius 1 is 1.14 bits per heavy atom. The number of rotatable bonds is 8. The van der Waals surface area contributed by atoms with Gasteiger partial charge in [0.2, 0.25) is 0 Å². The van der Waals surface area contributed by atoms with Crippen molar-refractivity contribution in [3.05, 3.63) is 35.9 Å². The van der Waals surface area contributed by atoms with Gasteiger partial charge >= 0.3 is 0 Å². The van der Waals surface area contributed by atoms with E-state index >= 15 is 0 Å². The van der Waals surface area contributed by atoms with Crippen molar-refractivity contribution >= 4 is 12.1 Å². The first kappa shape index (κ1) is 15.9. The molecule has 1 aromatic carbocycles. The molecule has 1 aliphatic rings. The number of carbonyl (C=O) groups is 2. The molecule has 1 unspecified atom stereocenters. The summed E-state index contributed by atoms with van der Waals surface area (Å²) in [6, 6.07) is 9.95. The van der Waals surface area contributed by atoms with Crippen molar-refractivity contribution in [2.75, 3.05) is 0 Å². The lowest BCUT2D eigenvalue weighted by atomic mass is 9.85. The van der Waals surface area contributed by atoms with E-state index in [9.17, 15) is 9.59 Å². The Morgan fingerprint density at radius 3 is 2.52 bits per heavy atom. The topological polar surface area (TPSA) is 34.1 Å². The maximum Gasteiger partial charge on any atom is 0.133 e. The zero-order valence-corrected chi connectivity index (χ0v) is 12.8. The van der Waals surface area contributed by atoms with Gasteiger partial charge in [-0.05, 0) is 24.3 Å². The quantitative estimate of drug-likeness (QED) is 0.665. The van der Waals surface area contributed by atoms with E-state index in [2.05, 4.69) is 0 Å². The van der Waals surface area contributed by atoms with Crippen LogP contribution < -0.4 is 0 Å². The van der Waals surface area contributed by atoms with Crippen LogP contribution in [0.25, 0.3) is 0 Å². The molecule has 1 saturated carbocycles. The van der Waals surface area contributed by atoms with E-state index in [1.54, 1.807) is 0 Å². The maximum atomic E-state index is 12.1. The fourth-order valence-corrected chi connectivity index (χ4v) is 3.32. The van der Waals surface area contributed by atoms with Crippen molar-refractivity contribution in [1.82, 2.24) is 0 Å². The second-order valence-corrected chi connectivity index (χ2v) is 6.37. The van der Waals surface area contributed by atoms with Crippen LogP contribution in [0.15, 0.2) is 30.3 Å². The molecule has 0 amide bonds. The van der Waals surface area contributed by atoms with Crippen molar-refractivity contribution in [2.24, 2.45) is 11.8 Å². The highest BCUT2D eigenvalue weighted by atomic mass is 16.1. The first-order chi connectivity index (χ1) is 10.3. The highest BCUT2D eigenvalue weighted by Gasteiger charge is 2.17. The van der Waals surface area contributed by atoms with Crippen molar-refractivity contribution in [3.8, 4) is 0 Å². The Labute approximate surface area is 127 Å². The highest BCUT2D eigenvalue weighted by Crippen LogP contribution is 2.27. The van der Waals surface area contributed by atoms with Crippen LogP contribution >= 0.6 is 0 Å². The van der Waals surface area contributed by atoms with E-state index in [-0.39, 0.29) is 11.7 Å². The van der Waals surface area contributed by atoms with Crippen LogP contribution in [0.4, 0.5) is 0 Å². The van der Waals surface area contributed by atoms with Gasteiger partial charge in [-0.1, -0.05) is 62.4 Å². The van der Waals surface area contributed by atoms with Gasteiger partial charge in [-0.3, -0.25) is 4.79 Å². The Hall–Kier alpha value is -1.44. The summed E-state index contributed by atoms with van der Waals surface area (Å²) in [5.74, 6) is 0.839. The minimum atomic E-state index is -0.161. The molecule has 0 spiro atoms. The van der Waals surface area contributed by atoms with Crippen molar-refractivity contribution < 1.29 is 9.59 Å². The fraction of sp³-hybridized carbons (Fsp3) is 0.579. The number of benzene rings is 1. The van der Waals surface area contributed by atoms with Crippen LogP contribution in [-0.2, 0) is 16.0 Å². The molecule has 1 aliphatic carbocycles. The molecule has 0 radical (unpaired) electrons. The van der Waals surface area contributed by atoms with Crippen LogP contribution in [0.2, 0.25) is 0 Å². The molecule has 1 atom stereocenters. The Bertz CT molecular complexity index is 432. The van der Waals surface area contributed by atoms with Crippen molar-refractivity contribution in [2.45, 2.75) is 57.8 Å². The molecule has 0 aromatic heterocycles. The first-order valence-electron chi connectivity index (χ1n) is 8.29. The standard InChI is InChI=1S/C19H26O2/c20-15-18(13-17-9-5-2-6-10-17)14-19(21)12-11-16-7-3-1-4-8-16/h2,5-6,9-10,15-16,18H,1,3-4,7-8,11-14H2. The average molecular weight is 286 g/mol. The van der Waals surface area contributed by atoms with E-state index in [4.69, 9.17) is 0 Å². The minimum absolute atomic E-state index is 0.161. The van der Waals surface area contributed by atoms with Crippen molar-refractivity contribution in [1.29, 1.82) is 0 Å². The van der Waals surface area contributed by atoms with Crippen molar-refractivity contribution in [3.63, 3.8) is 0 Å².